The Labute approximate surface area is 174 Å². The molecule has 8 nitrogen and oxygen atoms in total. The van der Waals surface area contributed by atoms with E-state index in [2.05, 4.69) is 34.4 Å². The smallest absolute Gasteiger partial charge is 0.411 e. The molecule has 2 amide bonds. The van der Waals surface area contributed by atoms with Crippen molar-refractivity contribution >= 4 is 34.2 Å². The summed E-state index contributed by atoms with van der Waals surface area (Å²) in [5.41, 5.74) is 1.84. The predicted octanol–water partition coefficient (Wildman–Crippen LogP) is 3.57. The molecule has 0 spiro atoms. The number of thiazole rings is 1. The first-order chi connectivity index (χ1) is 13.9. The number of aromatic nitrogens is 1. The van der Waals surface area contributed by atoms with Gasteiger partial charge >= 0.3 is 6.09 Å². The zero-order valence-electron chi connectivity index (χ0n) is 16.8. The predicted molar refractivity (Wildman–Crippen MR) is 112 cm³/mol. The van der Waals surface area contributed by atoms with Crippen LogP contribution in [0.15, 0.2) is 29.6 Å². The molecule has 0 unspecified atom stereocenters. The van der Waals surface area contributed by atoms with E-state index < -0.39 is 6.09 Å². The fourth-order valence-corrected chi connectivity index (χ4v) is 3.97. The van der Waals surface area contributed by atoms with Crippen molar-refractivity contribution in [2.75, 3.05) is 30.3 Å². The number of rotatable bonds is 6. The monoisotopic (exact) mass is 418 g/mol. The van der Waals surface area contributed by atoms with Crippen molar-refractivity contribution in [3.05, 3.63) is 40.9 Å². The molecule has 2 N–H and O–H groups in total. The molecule has 3 rings (SSSR count). The lowest BCUT2D eigenvalue weighted by molar-refractivity contribution is -0.0707. The number of ether oxygens (including phenoxy) is 2. The molecule has 1 fully saturated rings. The summed E-state index contributed by atoms with van der Waals surface area (Å²) in [6.07, 6.45) is -0.152. The Morgan fingerprint density at radius 1 is 1.28 bits per heavy atom. The number of carbonyl (C=O) groups is 2. The number of hydrogen-bond donors (Lipinski definition) is 2. The molecule has 2 aromatic rings. The van der Waals surface area contributed by atoms with Crippen molar-refractivity contribution in [1.29, 1.82) is 0 Å². The van der Waals surface area contributed by atoms with E-state index >= 15 is 0 Å². The van der Waals surface area contributed by atoms with Crippen LogP contribution in [0.1, 0.15) is 36.8 Å². The summed E-state index contributed by atoms with van der Waals surface area (Å²) in [7, 11) is 0. The second-order valence-corrected chi connectivity index (χ2v) is 7.83. The highest BCUT2D eigenvalue weighted by molar-refractivity contribution is 7.14. The molecule has 1 saturated heterocycles. The summed E-state index contributed by atoms with van der Waals surface area (Å²) in [5, 5.41) is 7.91. The lowest BCUT2D eigenvalue weighted by Crippen LogP contribution is -2.44. The Balaban J connectivity index is 1.58. The third-order valence-electron chi connectivity index (χ3n) is 4.30. The van der Waals surface area contributed by atoms with Gasteiger partial charge in [-0.1, -0.05) is 6.07 Å². The minimum atomic E-state index is -0.554. The molecule has 0 aliphatic carbocycles. The van der Waals surface area contributed by atoms with Gasteiger partial charge in [-0.3, -0.25) is 20.3 Å². The topological polar surface area (TPSA) is 92.8 Å². The number of morpholine rings is 1. The molecule has 1 aliphatic heterocycles. The van der Waals surface area contributed by atoms with Crippen LogP contribution in [0.5, 0.6) is 0 Å². The summed E-state index contributed by atoms with van der Waals surface area (Å²) in [4.78, 5) is 30.9. The Kier molecular flexibility index (Phi) is 7.18. The maximum absolute atomic E-state index is 12.5. The van der Waals surface area contributed by atoms with Crippen molar-refractivity contribution < 1.29 is 19.1 Å². The van der Waals surface area contributed by atoms with Gasteiger partial charge in [0.25, 0.3) is 5.91 Å². The Hall–Kier alpha value is -2.49. The molecular formula is C20H26N4O4S. The van der Waals surface area contributed by atoms with Crippen LogP contribution in [0.2, 0.25) is 0 Å². The Morgan fingerprint density at radius 3 is 2.76 bits per heavy atom. The lowest BCUT2D eigenvalue weighted by atomic mass is 10.2. The zero-order chi connectivity index (χ0) is 20.8. The van der Waals surface area contributed by atoms with Crippen LogP contribution < -0.4 is 10.6 Å². The van der Waals surface area contributed by atoms with E-state index in [0.29, 0.717) is 16.4 Å². The van der Waals surface area contributed by atoms with E-state index in [1.54, 1.807) is 31.2 Å². The fourth-order valence-electron chi connectivity index (χ4n) is 3.27. The molecule has 1 aliphatic rings. The van der Waals surface area contributed by atoms with Crippen LogP contribution in [0.4, 0.5) is 15.6 Å². The molecular weight excluding hydrogens is 392 g/mol. The highest BCUT2D eigenvalue weighted by atomic mass is 32.1. The van der Waals surface area contributed by atoms with Crippen molar-refractivity contribution in [3.8, 4) is 0 Å². The molecule has 156 valence electrons. The average molecular weight is 419 g/mol. The summed E-state index contributed by atoms with van der Waals surface area (Å²) < 4.78 is 10.6. The Morgan fingerprint density at radius 2 is 2.03 bits per heavy atom. The third kappa shape index (κ3) is 6.25. The maximum atomic E-state index is 12.5. The fraction of sp³-hybridized carbons (Fsp3) is 0.450. The van der Waals surface area contributed by atoms with Gasteiger partial charge in [0, 0.05) is 36.3 Å². The lowest BCUT2D eigenvalue weighted by Gasteiger charge is -2.34. The zero-order valence-corrected chi connectivity index (χ0v) is 17.6. The first-order valence-corrected chi connectivity index (χ1v) is 10.5. The van der Waals surface area contributed by atoms with Gasteiger partial charge in [-0.05, 0) is 39.0 Å². The van der Waals surface area contributed by atoms with Gasteiger partial charge in [-0.25, -0.2) is 9.78 Å². The van der Waals surface area contributed by atoms with Gasteiger partial charge in [0.15, 0.2) is 5.13 Å². The number of nitrogens with one attached hydrogen (secondary N) is 2. The summed E-state index contributed by atoms with van der Waals surface area (Å²) in [6.45, 7) is 8.60. The normalized spacial score (nSPS) is 19.6. The number of nitrogens with zero attached hydrogens (tertiary/aromatic N) is 2. The minimum Gasteiger partial charge on any atom is -0.450 e. The quantitative estimate of drug-likeness (QED) is 0.745. The van der Waals surface area contributed by atoms with Gasteiger partial charge in [0.2, 0.25) is 0 Å². The number of benzene rings is 1. The van der Waals surface area contributed by atoms with Crippen LogP contribution >= 0.6 is 11.3 Å². The van der Waals surface area contributed by atoms with Crippen LogP contribution in [-0.2, 0) is 16.0 Å². The maximum Gasteiger partial charge on any atom is 0.411 e. The molecule has 1 aromatic carbocycles. The molecule has 29 heavy (non-hydrogen) atoms. The molecule has 0 bridgehead atoms. The van der Waals surface area contributed by atoms with Gasteiger partial charge in [-0.15, -0.1) is 11.3 Å². The minimum absolute atomic E-state index is 0.201. The van der Waals surface area contributed by atoms with Crippen LogP contribution in [0.25, 0.3) is 0 Å². The largest absolute Gasteiger partial charge is 0.450 e. The molecule has 2 heterocycles. The first kappa shape index (κ1) is 21.2. The van der Waals surface area contributed by atoms with Gasteiger partial charge in [0.05, 0.1) is 24.5 Å². The van der Waals surface area contributed by atoms with E-state index in [0.717, 1.165) is 25.3 Å². The highest BCUT2D eigenvalue weighted by Gasteiger charge is 2.23. The van der Waals surface area contributed by atoms with E-state index in [1.165, 1.54) is 11.3 Å². The summed E-state index contributed by atoms with van der Waals surface area (Å²) >= 11 is 1.39. The molecule has 1 aromatic heterocycles. The van der Waals surface area contributed by atoms with Crippen LogP contribution in [-0.4, -0.2) is 53.8 Å². The first-order valence-electron chi connectivity index (χ1n) is 9.60. The van der Waals surface area contributed by atoms with Crippen molar-refractivity contribution in [1.82, 2.24) is 9.88 Å². The second kappa shape index (κ2) is 9.82. The van der Waals surface area contributed by atoms with Gasteiger partial charge < -0.3 is 9.47 Å². The standard InChI is InChI=1S/C20H26N4O4S/c1-4-27-20(26)22-16-7-5-6-15(8-16)18(25)23-19-21-17(12-29-19)11-24-9-13(2)28-14(3)10-24/h5-8,12-14H,4,9-11H2,1-3H3,(H,22,26)(H,21,23,25)/t13-,14-/m0/s1. The van der Waals surface area contributed by atoms with Gasteiger partial charge in [0.1, 0.15) is 0 Å². The Bertz CT molecular complexity index is 847. The van der Waals surface area contributed by atoms with Crippen molar-refractivity contribution in [2.24, 2.45) is 0 Å². The number of amides is 2. The number of carbonyl (C=O) groups excluding carboxylic acids is 2. The third-order valence-corrected chi connectivity index (χ3v) is 5.11. The summed E-state index contributed by atoms with van der Waals surface area (Å²) in [6, 6.07) is 6.66. The van der Waals surface area contributed by atoms with Crippen molar-refractivity contribution in [2.45, 2.75) is 39.5 Å². The molecule has 2 atom stereocenters. The van der Waals surface area contributed by atoms with Gasteiger partial charge in [-0.2, -0.15) is 0 Å². The van der Waals surface area contributed by atoms with Crippen LogP contribution in [0.3, 0.4) is 0 Å². The second-order valence-electron chi connectivity index (χ2n) is 6.98. The van der Waals surface area contributed by atoms with Crippen molar-refractivity contribution in [3.63, 3.8) is 0 Å². The van der Waals surface area contributed by atoms with E-state index in [1.807, 2.05) is 5.38 Å². The molecule has 9 heteroatoms. The molecule has 0 saturated carbocycles. The van der Waals surface area contributed by atoms with Crippen LogP contribution in [0, 0.1) is 0 Å². The highest BCUT2D eigenvalue weighted by Crippen LogP contribution is 2.20. The number of anilines is 2. The number of hydrogen-bond acceptors (Lipinski definition) is 7. The molecule has 0 radical (unpaired) electrons. The average Bonchev–Trinajstić information content (AvgIpc) is 3.08. The van der Waals surface area contributed by atoms with E-state index in [4.69, 9.17) is 9.47 Å². The van der Waals surface area contributed by atoms with E-state index in [9.17, 15) is 9.59 Å². The van der Waals surface area contributed by atoms with E-state index in [-0.39, 0.29) is 24.7 Å². The SMILES string of the molecule is CCOC(=O)Nc1cccc(C(=O)Nc2nc(CN3C[C@H](C)O[C@@H](C)C3)cs2)c1. The summed E-state index contributed by atoms with van der Waals surface area (Å²) in [5.74, 6) is -0.285.